The molecule has 1 fully saturated rings. The zero-order valence-electron chi connectivity index (χ0n) is 12.6. The highest BCUT2D eigenvalue weighted by molar-refractivity contribution is 7.89. The number of carboxylic acids is 1. The number of amides is 1. The van der Waals surface area contributed by atoms with Gasteiger partial charge in [-0.05, 0) is 25.0 Å². The molecular weight excluding hydrogens is 320 g/mol. The van der Waals surface area contributed by atoms with Crippen LogP contribution in [0.2, 0.25) is 0 Å². The molecule has 0 bridgehead atoms. The first-order valence-electron chi connectivity index (χ1n) is 7.46. The summed E-state index contributed by atoms with van der Waals surface area (Å²) in [6.07, 6.45) is 0.753. The molecule has 0 atom stereocenters. The first-order chi connectivity index (χ1) is 10.9. The van der Waals surface area contributed by atoms with Crippen LogP contribution in [0.1, 0.15) is 19.3 Å². The number of hydrogen-bond acceptors (Lipinski definition) is 4. The number of hydrogen-bond donors (Lipinski definition) is 2. The monoisotopic (exact) mass is 340 g/mol. The van der Waals surface area contributed by atoms with Crippen molar-refractivity contribution in [2.24, 2.45) is 5.92 Å². The van der Waals surface area contributed by atoms with E-state index >= 15 is 0 Å². The van der Waals surface area contributed by atoms with Crippen molar-refractivity contribution in [2.45, 2.75) is 24.2 Å². The molecule has 1 aliphatic rings. The molecule has 0 radical (unpaired) electrons. The van der Waals surface area contributed by atoms with E-state index < -0.39 is 16.0 Å². The third kappa shape index (κ3) is 4.52. The fraction of sp³-hybridized carbons (Fsp3) is 0.467. The van der Waals surface area contributed by atoms with E-state index in [-0.39, 0.29) is 42.8 Å². The number of aliphatic carboxylic acids is 1. The Morgan fingerprint density at radius 1 is 1.17 bits per heavy atom. The summed E-state index contributed by atoms with van der Waals surface area (Å²) in [7, 11) is -3.52. The first kappa shape index (κ1) is 17.4. The van der Waals surface area contributed by atoms with E-state index in [1.807, 2.05) is 0 Å². The van der Waals surface area contributed by atoms with Gasteiger partial charge in [0.1, 0.15) is 0 Å². The molecule has 0 saturated carbocycles. The Kier molecular flexibility index (Phi) is 5.73. The summed E-state index contributed by atoms with van der Waals surface area (Å²) < 4.78 is 26.3. The van der Waals surface area contributed by atoms with E-state index in [2.05, 4.69) is 5.32 Å². The minimum atomic E-state index is -3.52. The van der Waals surface area contributed by atoms with Gasteiger partial charge in [-0.2, -0.15) is 4.31 Å². The van der Waals surface area contributed by atoms with Gasteiger partial charge in [-0.25, -0.2) is 8.42 Å². The molecule has 0 unspecified atom stereocenters. The molecule has 0 aliphatic carbocycles. The van der Waals surface area contributed by atoms with Crippen molar-refractivity contribution < 1.29 is 23.1 Å². The summed E-state index contributed by atoms with van der Waals surface area (Å²) in [5.74, 6) is -1.44. The molecule has 1 saturated heterocycles. The highest BCUT2D eigenvalue weighted by Crippen LogP contribution is 2.23. The van der Waals surface area contributed by atoms with Gasteiger partial charge in [-0.15, -0.1) is 0 Å². The van der Waals surface area contributed by atoms with E-state index in [9.17, 15) is 18.0 Å². The SMILES string of the molecule is O=C(O)CCNC(=O)C1CCN(S(=O)(=O)c2ccccc2)CC1. The Labute approximate surface area is 135 Å². The van der Waals surface area contributed by atoms with Gasteiger partial charge in [0.05, 0.1) is 11.3 Å². The average molecular weight is 340 g/mol. The molecule has 1 aliphatic heterocycles. The van der Waals surface area contributed by atoms with E-state index in [0.29, 0.717) is 12.8 Å². The molecule has 0 spiro atoms. The molecule has 1 aromatic carbocycles. The van der Waals surface area contributed by atoms with E-state index in [0.717, 1.165) is 0 Å². The largest absolute Gasteiger partial charge is 0.481 e. The van der Waals surface area contributed by atoms with E-state index in [1.54, 1.807) is 30.3 Å². The Hall–Kier alpha value is -1.93. The minimum absolute atomic E-state index is 0.0939. The lowest BCUT2D eigenvalue weighted by atomic mass is 9.97. The van der Waals surface area contributed by atoms with Crippen LogP contribution in [0, 0.1) is 5.92 Å². The van der Waals surface area contributed by atoms with Crippen LogP contribution < -0.4 is 5.32 Å². The summed E-state index contributed by atoms with van der Waals surface area (Å²) >= 11 is 0. The number of carbonyl (C=O) groups is 2. The molecule has 1 aromatic rings. The molecule has 1 heterocycles. The van der Waals surface area contributed by atoms with Crippen LogP contribution >= 0.6 is 0 Å². The lowest BCUT2D eigenvalue weighted by Gasteiger charge is -2.30. The number of carboxylic acid groups (broad SMARTS) is 1. The number of benzene rings is 1. The standard InChI is InChI=1S/C15H20N2O5S/c18-14(19)6-9-16-15(20)12-7-10-17(11-8-12)23(21,22)13-4-2-1-3-5-13/h1-5,12H,6-11H2,(H,16,20)(H,18,19). The number of nitrogens with zero attached hydrogens (tertiary/aromatic N) is 1. The summed E-state index contributed by atoms with van der Waals surface area (Å²) in [6.45, 7) is 0.666. The van der Waals surface area contributed by atoms with Gasteiger partial charge < -0.3 is 10.4 Å². The normalized spacial score (nSPS) is 16.9. The van der Waals surface area contributed by atoms with Crippen LogP contribution in [-0.4, -0.2) is 49.3 Å². The van der Waals surface area contributed by atoms with Gasteiger partial charge in [-0.3, -0.25) is 9.59 Å². The quantitative estimate of drug-likeness (QED) is 0.792. The van der Waals surface area contributed by atoms with Crippen molar-refractivity contribution in [3.63, 3.8) is 0 Å². The van der Waals surface area contributed by atoms with Gasteiger partial charge in [0.25, 0.3) is 0 Å². The van der Waals surface area contributed by atoms with Crippen LogP contribution in [0.4, 0.5) is 0 Å². The maximum Gasteiger partial charge on any atom is 0.305 e. The first-order valence-corrected chi connectivity index (χ1v) is 8.90. The molecule has 1 amide bonds. The third-order valence-corrected chi connectivity index (χ3v) is 5.76. The van der Waals surface area contributed by atoms with Crippen molar-refractivity contribution in [3.05, 3.63) is 30.3 Å². The summed E-state index contributed by atoms with van der Waals surface area (Å²) in [4.78, 5) is 22.6. The van der Waals surface area contributed by atoms with Gasteiger partial charge in [0.2, 0.25) is 15.9 Å². The van der Waals surface area contributed by atoms with Crippen molar-refractivity contribution in [1.82, 2.24) is 9.62 Å². The second kappa shape index (κ2) is 7.56. The Balaban J connectivity index is 1.88. The molecular formula is C15H20N2O5S. The fourth-order valence-corrected chi connectivity index (χ4v) is 4.03. The topological polar surface area (TPSA) is 104 Å². The van der Waals surface area contributed by atoms with Crippen LogP contribution in [0.5, 0.6) is 0 Å². The van der Waals surface area contributed by atoms with Gasteiger partial charge in [-0.1, -0.05) is 18.2 Å². The summed E-state index contributed by atoms with van der Waals surface area (Å²) in [6, 6.07) is 8.22. The molecule has 0 aromatic heterocycles. The summed E-state index contributed by atoms with van der Waals surface area (Å²) in [5.41, 5.74) is 0. The van der Waals surface area contributed by atoms with Gasteiger partial charge in [0.15, 0.2) is 0 Å². The third-order valence-electron chi connectivity index (χ3n) is 3.84. The highest BCUT2D eigenvalue weighted by atomic mass is 32.2. The van der Waals surface area contributed by atoms with Crippen LogP contribution in [-0.2, 0) is 19.6 Å². The number of carbonyl (C=O) groups excluding carboxylic acids is 1. The van der Waals surface area contributed by atoms with Gasteiger partial charge in [0, 0.05) is 25.6 Å². The lowest BCUT2D eigenvalue weighted by Crippen LogP contribution is -2.43. The van der Waals surface area contributed by atoms with Gasteiger partial charge >= 0.3 is 5.97 Å². The number of nitrogens with one attached hydrogen (secondary N) is 1. The zero-order chi connectivity index (χ0) is 16.9. The predicted molar refractivity (Wildman–Crippen MR) is 83.2 cm³/mol. The molecule has 23 heavy (non-hydrogen) atoms. The second-order valence-corrected chi connectivity index (χ2v) is 7.36. The Morgan fingerprint density at radius 2 is 1.78 bits per heavy atom. The molecule has 2 rings (SSSR count). The number of sulfonamides is 1. The zero-order valence-corrected chi connectivity index (χ0v) is 13.5. The Morgan fingerprint density at radius 3 is 2.35 bits per heavy atom. The van der Waals surface area contributed by atoms with Crippen molar-refractivity contribution >= 4 is 21.9 Å². The van der Waals surface area contributed by atoms with E-state index in [4.69, 9.17) is 5.11 Å². The molecule has 7 nitrogen and oxygen atoms in total. The minimum Gasteiger partial charge on any atom is -0.481 e. The lowest BCUT2D eigenvalue weighted by molar-refractivity contribution is -0.137. The van der Waals surface area contributed by atoms with Crippen LogP contribution in [0.15, 0.2) is 35.2 Å². The maximum absolute atomic E-state index is 12.5. The van der Waals surface area contributed by atoms with Crippen LogP contribution in [0.25, 0.3) is 0 Å². The fourth-order valence-electron chi connectivity index (χ4n) is 2.54. The smallest absolute Gasteiger partial charge is 0.305 e. The van der Waals surface area contributed by atoms with Crippen LogP contribution in [0.3, 0.4) is 0 Å². The molecule has 2 N–H and O–H groups in total. The highest BCUT2D eigenvalue weighted by Gasteiger charge is 2.31. The van der Waals surface area contributed by atoms with Crippen molar-refractivity contribution in [2.75, 3.05) is 19.6 Å². The molecule has 8 heteroatoms. The maximum atomic E-state index is 12.5. The number of piperidine rings is 1. The summed E-state index contributed by atoms with van der Waals surface area (Å²) in [5, 5.41) is 11.1. The van der Waals surface area contributed by atoms with Crippen molar-refractivity contribution in [1.29, 1.82) is 0 Å². The average Bonchev–Trinajstić information content (AvgIpc) is 2.55. The van der Waals surface area contributed by atoms with E-state index in [1.165, 1.54) is 4.31 Å². The number of rotatable bonds is 6. The predicted octanol–water partition coefficient (Wildman–Crippen LogP) is 0.678. The second-order valence-electron chi connectivity index (χ2n) is 5.43. The van der Waals surface area contributed by atoms with Crippen molar-refractivity contribution in [3.8, 4) is 0 Å². The molecule has 126 valence electrons. The Bertz CT molecular complexity index is 652.